The monoisotopic (exact) mass is 364 g/mol. The number of halogens is 3. The SMILES string of the molecule is CC[C@H]1C(=O)Nc2ccccc2N1C(=O)c1cccc(OC(F)(F)F)c1. The Morgan fingerprint density at radius 3 is 2.62 bits per heavy atom. The van der Waals surface area contributed by atoms with Crippen LogP contribution in [0, 0.1) is 0 Å². The summed E-state index contributed by atoms with van der Waals surface area (Å²) in [5, 5.41) is 2.73. The number of anilines is 2. The second-order valence-corrected chi connectivity index (χ2v) is 5.68. The zero-order chi connectivity index (χ0) is 18.9. The van der Waals surface area contributed by atoms with Gasteiger partial charge in [0.2, 0.25) is 5.91 Å². The number of ether oxygens (including phenoxy) is 1. The third-order valence-corrected chi connectivity index (χ3v) is 3.96. The quantitative estimate of drug-likeness (QED) is 0.897. The van der Waals surface area contributed by atoms with Crippen molar-refractivity contribution in [1.82, 2.24) is 0 Å². The standard InChI is InChI=1S/C18H15F3N2O3/c1-2-14-16(24)22-13-8-3-4-9-15(13)23(14)17(25)11-6-5-7-12(10-11)26-18(19,20)21/h3-10,14H,2H2,1H3,(H,22,24)/t14-/m0/s1. The molecule has 2 amide bonds. The number of amides is 2. The molecule has 3 rings (SSSR count). The second-order valence-electron chi connectivity index (χ2n) is 5.68. The lowest BCUT2D eigenvalue weighted by molar-refractivity contribution is -0.274. The van der Waals surface area contributed by atoms with Crippen molar-refractivity contribution in [1.29, 1.82) is 0 Å². The molecule has 1 N–H and O–H groups in total. The fraction of sp³-hybridized carbons (Fsp3) is 0.222. The van der Waals surface area contributed by atoms with Crippen molar-refractivity contribution in [3.8, 4) is 5.75 Å². The lowest BCUT2D eigenvalue weighted by atomic mass is 10.0. The van der Waals surface area contributed by atoms with Crippen molar-refractivity contribution in [2.24, 2.45) is 0 Å². The van der Waals surface area contributed by atoms with Gasteiger partial charge in [0.15, 0.2) is 0 Å². The van der Waals surface area contributed by atoms with Gasteiger partial charge in [0.1, 0.15) is 11.8 Å². The summed E-state index contributed by atoms with van der Waals surface area (Å²) in [5.74, 6) is -1.42. The number of nitrogens with one attached hydrogen (secondary N) is 1. The van der Waals surface area contributed by atoms with Gasteiger partial charge >= 0.3 is 6.36 Å². The van der Waals surface area contributed by atoms with Gasteiger partial charge in [-0.15, -0.1) is 13.2 Å². The number of alkyl halides is 3. The Balaban J connectivity index is 2.00. The normalized spacial score (nSPS) is 16.7. The highest BCUT2D eigenvalue weighted by Gasteiger charge is 2.36. The summed E-state index contributed by atoms with van der Waals surface area (Å²) in [6.45, 7) is 1.75. The van der Waals surface area contributed by atoms with Crippen molar-refractivity contribution in [2.45, 2.75) is 25.7 Å². The van der Waals surface area contributed by atoms with Gasteiger partial charge in [-0.2, -0.15) is 0 Å². The van der Waals surface area contributed by atoms with E-state index in [9.17, 15) is 22.8 Å². The first-order valence-corrected chi connectivity index (χ1v) is 7.89. The number of hydrogen-bond donors (Lipinski definition) is 1. The van der Waals surface area contributed by atoms with E-state index in [-0.39, 0.29) is 11.5 Å². The van der Waals surface area contributed by atoms with E-state index < -0.39 is 24.1 Å². The summed E-state index contributed by atoms with van der Waals surface area (Å²) >= 11 is 0. The summed E-state index contributed by atoms with van der Waals surface area (Å²) in [6, 6.07) is 10.8. The van der Waals surface area contributed by atoms with Crippen molar-refractivity contribution in [3.63, 3.8) is 0 Å². The Hall–Kier alpha value is -3.03. The van der Waals surface area contributed by atoms with Crippen molar-refractivity contribution in [2.75, 3.05) is 10.2 Å². The van der Waals surface area contributed by atoms with Crippen LogP contribution in [-0.4, -0.2) is 24.2 Å². The molecular weight excluding hydrogens is 349 g/mol. The first-order valence-electron chi connectivity index (χ1n) is 7.89. The summed E-state index contributed by atoms with van der Waals surface area (Å²) < 4.78 is 41.1. The minimum Gasteiger partial charge on any atom is -0.406 e. The smallest absolute Gasteiger partial charge is 0.406 e. The number of carbonyl (C=O) groups excluding carboxylic acids is 2. The molecule has 0 fully saturated rings. The molecule has 1 aliphatic heterocycles. The number of hydrogen-bond acceptors (Lipinski definition) is 3. The molecule has 0 radical (unpaired) electrons. The second kappa shape index (κ2) is 6.70. The van der Waals surface area contributed by atoms with Gasteiger partial charge in [-0.3, -0.25) is 14.5 Å². The number of para-hydroxylation sites is 2. The lowest BCUT2D eigenvalue weighted by Gasteiger charge is -2.36. The zero-order valence-electron chi connectivity index (χ0n) is 13.7. The van der Waals surface area contributed by atoms with Crippen LogP contribution in [0.4, 0.5) is 24.5 Å². The molecule has 0 saturated carbocycles. The maximum atomic E-state index is 13.0. The molecule has 0 aromatic heterocycles. The molecule has 26 heavy (non-hydrogen) atoms. The minimum absolute atomic E-state index is 0.00490. The Bertz CT molecular complexity index is 852. The molecule has 8 heteroatoms. The van der Waals surface area contributed by atoms with Crippen molar-refractivity contribution >= 4 is 23.2 Å². The van der Waals surface area contributed by atoms with E-state index in [0.29, 0.717) is 17.8 Å². The van der Waals surface area contributed by atoms with Gasteiger partial charge in [-0.1, -0.05) is 25.1 Å². The lowest BCUT2D eigenvalue weighted by Crippen LogP contribution is -2.50. The van der Waals surface area contributed by atoms with E-state index in [2.05, 4.69) is 10.1 Å². The van der Waals surface area contributed by atoms with Crippen LogP contribution < -0.4 is 15.0 Å². The van der Waals surface area contributed by atoms with E-state index in [1.165, 1.54) is 17.0 Å². The van der Waals surface area contributed by atoms with Crippen LogP contribution in [0.3, 0.4) is 0 Å². The maximum absolute atomic E-state index is 13.0. The summed E-state index contributed by atoms with van der Waals surface area (Å²) in [4.78, 5) is 26.6. The fourth-order valence-corrected chi connectivity index (χ4v) is 2.87. The molecule has 0 unspecified atom stereocenters. The number of carbonyl (C=O) groups is 2. The first-order chi connectivity index (χ1) is 12.3. The Morgan fingerprint density at radius 1 is 1.19 bits per heavy atom. The third kappa shape index (κ3) is 3.49. The molecule has 0 aliphatic carbocycles. The van der Waals surface area contributed by atoms with Gasteiger partial charge in [-0.05, 0) is 36.8 Å². The van der Waals surface area contributed by atoms with Gasteiger partial charge in [0.25, 0.3) is 5.91 Å². The average molecular weight is 364 g/mol. The largest absolute Gasteiger partial charge is 0.573 e. The number of benzene rings is 2. The van der Waals surface area contributed by atoms with Crippen LogP contribution in [0.2, 0.25) is 0 Å². The van der Waals surface area contributed by atoms with Crippen LogP contribution in [0.15, 0.2) is 48.5 Å². The number of fused-ring (bicyclic) bond motifs is 1. The molecule has 2 aromatic carbocycles. The highest BCUT2D eigenvalue weighted by atomic mass is 19.4. The molecule has 1 heterocycles. The Kier molecular flexibility index (Phi) is 4.58. The van der Waals surface area contributed by atoms with Crippen LogP contribution in [0.1, 0.15) is 23.7 Å². The summed E-state index contributed by atoms with van der Waals surface area (Å²) in [6.07, 6.45) is -4.50. The summed E-state index contributed by atoms with van der Waals surface area (Å²) in [5.41, 5.74) is 0.957. The number of nitrogens with zero attached hydrogens (tertiary/aromatic N) is 1. The maximum Gasteiger partial charge on any atom is 0.573 e. The molecule has 0 spiro atoms. The van der Waals surface area contributed by atoms with E-state index in [4.69, 9.17) is 0 Å². The summed E-state index contributed by atoms with van der Waals surface area (Å²) in [7, 11) is 0. The fourth-order valence-electron chi connectivity index (χ4n) is 2.87. The van der Waals surface area contributed by atoms with Gasteiger partial charge < -0.3 is 10.1 Å². The van der Waals surface area contributed by atoms with Gasteiger partial charge in [0, 0.05) is 5.56 Å². The van der Waals surface area contributed by atoms with Crippen LogP contribution in [-0.2, 0) is 4.79 Å². The first kappa shape index (κ1) is 17.8. The van der Waals surface area contributed by atoms with Gasteiger partial charge in [-0.25, -0.2) is 0 Å². The number of rotatable bonds is 3. The highest BCUT2D eigenvalue weighted by Crippen LogP contribution is 2.34. The predicted octanol–water partition coefficient (Wildman–Crippen LogP) is 3.96. The molecule has 0 bridgehead atoms. The molecular formula is C18H15F3N2O3. The van der Waals surface area contributed by atoms with Crippen molar-refractivity contribution in [3.05, 3.63) is 54.1 Å². The molecule has 5 nitrogen and oxygen atoms in total. The molecule has 0 saturated heterocycles. The minimum atomic E-state index is -4.86. The molecule has 1 aliphatic rings. The van der Waals surface area contributed by atoms with Gasteiger partial charge in [0.05, 0.1) is 11.4 Å². The van der Waals surface area contributed by atoms with E-state index in [1.807, 2.05) is 0 Å². The van der Waals surface area contributed by atoms with Crippen molar-refractivity contribution < 1.29 is 27.5 Å². The average Bonchev–Trinajstić information content (AvgIpc) is 2.58. The van der Waals surface area contributed by atoms with Crippen LogP contribution in [0.25, 0.3) is 0 Å². The third-order valence-electron chi connectivity index (χ3n) is 3.96. The topological polar surface area (TPSA) is 58.6 Å². The van der Waals surface area contributed by atoms with Crippen LogP contribution in [0.5, 0.6) is 5.75 Å². The molecule has 2 aromatic rings. The zero-order valence-corrected chi connectivity index (χ0v) is 13.7. The van der Waals surface area contributed by atoms with E-state index in [1.54, 1.807) is 31.2 Å². The highest BCUT2D eigenvalue weighted by molar-refractivity contribution is 6.16. The Morgan fingerprint density at radius 2 is 1.92 bits per heavy atom. The van der Waals surface area contributed by atoms with E-state index in [0.717, 1.165) is 12.1 Å². The van der Waals surface area contributed by atoms with E-state index >= 15 is 0 Å². The molecule has 136 valence electrons. The molecule has 1 atom stereocenters. The van der Waals surface area contributed by atoms with Crippen LogP contribution >= 0.6 is 0 Å². The predicted molar refractivity (Wildman–Crippen MR) is 89.1 cm³/mol. The Labute approximate surface area is 147 Å².